The van der Waals surface area contributed by atoms with E-state index in [9.17, 15) is 4.79 Å². The van der Waals surface area contributed by atoms with Crippen molar-refractivity contribution in [3.8, 4) is 0 Å². The van der Waals surface area contributed by atoms with Crippen molar-refractivity contribution in [2.24, 2.45) is 0 Å². The fraction of sp³-hybridized carbons (Fsp3) is 0.381. The summed E-state index contributed by atoms with van der Waals surface area (Å²) in [5.74, 6) is -0.191. The maximum atomic E-state index is 12.3. The highest BCUT2D eigenvalue weighted by molar-refractivity contribution is 5.71. The van der Waals surface area contributed by atoms with E-state index in [2.05, 4.69) is 24.4 Å². The molecule has 2 aromatic rings. The number of hydrogen-bond acceptors (Lipinski definition) is 3. The van der Waals surface area contributed by atoms with Gasteiger partial charge in [0.2, 0.25) is 0 Å². The molecule has 0 aliphatic rings. The van der Waals surface area contributed by atoms with E-state index in [4.69, 9.17) is 4.74 Å². The van der Waals surface area contributed by atoms with Crippen LogP contribution < -0.4 is 5.32 Å². The van der Waals surface area contributed by atoms with Gasteiger partial charge >= 0.3 is 5.97 Å². The van der Waals surface area contributed by atoms with Crippen LogP contribution in [0.4, 0.5) is 0 Å². The van der Waals surface area contributed by atoms with Gasteiger partial charge in [0, 0.05) is 12.1 Å². The summed E-state index contributed by atoms with van der Waals surface area (Å²) in [5, 5.41) is 3.57. The van der Waals surface area contributed by atoms with Gasteiger partial charge in [0.25, 0.3) is 0 Å². The zero-order valence-corrected chi connectivity index (χ0v) is 15.0. The fourth-order valence-electron chi connectivity index (χ4n) is 2.65. The maximum Gasteiger partial charge on any atom is 0.308 e. The van der Waals surface area contributed by atoms with Crippen LogP contribution in [-0.2, 0) is 9.53 Å². The summed E-state index contributed by atoms with van der Waals surface area (Å²) in [4.78, 5) is 12.3. The van der Waals surface area contributed by atoms with Crippen LogP contribution in [0.5, 0.6) is 0 Å². The number of carbonyl (C=O) groups excluding carboxylic acids is 1. The number of carbonyl (C=O) groups is 1. The van der Waals surface area contributed by atoms with E-state index < -0.39 is 5.60 Å². The molecular weight excluding hydrogens is 298 g/mol. The number of esters is 1. The molecule has 0 bridgehead atoms. The van der Waals surface area contributed by atoms with E-state index in [0.29, 0.717) is 6.42 Å². The molecule has 0 radical (unpaired) electrons. The summed E-state index contributed by atoms with van der Waals surface area (Å²) in [7, 11) is 0. The largest absolute Gasteiger partial charge is 0.460 e. The number of benzene rings is 2. The fourth-order valence-corrected chi connectivity index (χ4v) is 2.65. The molecule has 0 spiro atoms. The lowest BCUT2D eigenvalue weighted by atomic mass is 10.0. The lowest BCUT2D eigenvalue weighted by Gasteiger charge is -2.26. The Bertz CT molecular complexity index is 632. The molecule has 128 valence electrons. The van der Waals surface area contributed by atoms with Gasteiger partial charge in [-0.2, -0.15) is 0 Å². The van der Waals surface area contributed by atoms with E-state index >= 15 is 0 Å². The van der Waals surface area contributed by atoms with Crippen molar-refractivity contribution in [3.05, 3.63) is 71.8 Å². The summed E-state index contributed by atoms with van der Waals surface area (Å²) in [6.45, 7) is 7.79. The van der Waals surface area contributed by atoms with Gasteiger partial charge in [-0.3, -0.25) is 4.79 Å². The first-order valence-corrected chi connectivity index (χ1v) is 8.43. The summed E-state index contributed by atoms with van der Waals surface area (Å²) in [6.07, 6.45) is 0.304. The second-order valence-corrected chi connectivity index (χ2v) is 7.05. The standard InChI is InChI=1S/C21H27NO2/c1-16(17-11-7-5-8-12-17)22-19(18-13-9-6-10-14-18)15-20(23)24-21(2,3)4/h5-14,16,19,22H,15H2,1-4H3/t16-,19-/m0/s1. The van der Waals surface area contributed by atoms with Crippen LogP contribution in [0, 0.1) is 0 Å². The predicted octanol–water partition coefficient (Wildman–Crippen LogP) is 4.81. The molecule has 0 aliphatic heterocycles. The molecule has 0 aliphatic carbocycles. The molecule has 2 rings (SSSR count). The Morgan fingerprint density at radius 3 is 1.96 bits per heavy atom. The quantitative estimate of drug-likeness (QED) is 0.775. The second-order valence-electron chi connectivity index (χ2n) is 7.05. The van der Waals surface area contributed by atoms with Gasteiger partial charge in [0.1, 0.15) is 5.60 Å². The van der Waals surface area contributed by atoms with Crippen molar-refractivity contribution >= 4 is 5.97 Å². The second kappa shape index (κ2) is 8.11. The van der Waals surface area contributed by atoms with Crippen molar-refractivity contribution in [2.75, 3.05) is 0 Å². The minimum atomic E-state index is -0.469. The Kier molecular flexibility index (Phi) is 6.16. The van der Waals surface area contributed by atoms with Gasteiger partial charge < -0.3 is 10.1 Å². The topological polar surface area (TPSA) is 38.3 Å². The highest BCUT2D eigenvalue weighted by Crippen LogP contribution is 2.23. The van der Waals surface area contributed by atoms with Crippen LogP contribution >= 0.6 is 0 Å². The van der Waals surface area contributed by atoms with Crippen LogP contribution in [0.25, 0.3) is 0 Å². The van der Waals surface area contributed by atoms with E-state index in [-0.39, 0.29) is 18.1 Å². The average molecular weight is 325 g/mol. The Balaban J connectivity index is 2.13. The Labute approximate surface area is 145 Å². The molecule has 3 nitrogen and oxygen atoms in total. The minimum absolute atomic E-state index is 0.0868. The van der Waals surface area contributed by atoms with Crippen LogP contribution in [0.15, 0.2) is 60.7 Å². The van der Waals surface area contributed by atoms with E-state index in [1.165, 1.54) is 5.56 Å². The Morgan fingerprint density at radius 1 is 0.958 bits per heavy atom. The van der Waals surface area contributed by atoms with Crippen LogP contribution in [-0.4, -0.2) is 11.6 Å². The first-order valence-electron chi connectivity index (χ1n) is 8.43. The number of hydrogen-bond donors (Lipinski definition) is 1. The molecule has 0 aromatic heterocycles. The van der Waals surface area contributed by atoms with Gasteiger partial charge in [0.15, 0.2) is 0 Å². The van der Waals surface area contributed by atoms with Crippen molar-refractivity contribution in [2.45, 2.75) is 51.8 Å². The minimum Gasteiger partial charge on any atom is -0.460 e. The summed E-state index contributed by atoms with van der Waals surface area (Å²) < 4.78 is 5.50. The first kappa shape index (κ1) is 18.2. The lowest BCUT2D eigenvalue weighted by Crippen LogP contribution is -2.30. The molecule has 3 heteroatoms. The maximum absolute atomic E-state index is 12.3. The van der Waals surface area contributed by atoms with Gasteiger partial charge in [-0.25, -0.2) is 0 Å². The summed E-state index contributed by atoms with van der Waals surface area (Å²) >= 11 is 0. The summed E-state index contributed by atoms with van der Waals surface area (Å²) in [6, 6.07) is 20.3. The molecular formula is C21H27NO2. The van der Waals surface area contributed by atoms with Crippen LogP contribution in [0.1, 0.15) is 57.3 Å². The van der Waals surface area contributed by atoms with E-state index in [0.717, 1.165) is 5.56 Å². The van der Waals surface area contributed by atoms with Crippen LogP contribution in [0.3, 0.4) is 0 Å². The SMILES string of the molecule is C[C@H](N[C@@H](CC(=O)OC(C)(C)C)c1ccccc1)c1ccccc1. The number of nitrogens with one attached hydrogen (secondary N) is 1. The van der Waals surface area contributed by atoms with Crippen molar-refractivity contribution < 1.29 is 9.53 Å². The molecule has 0 saturated heterocycles. The third kappa shape index (κ3) is 5.82. The van der Waals surface area contributed by atoms with Gasteiger partial charge in [-0.1, -0.05) is 60.7 Å². The zero-order valence-electron chi connectivity index (χ0n) is 15.0. The highest BCUT2D eigenvalue weighted by Gasteiger charge is 2.23. The third-order valence-electron chi connectivity index (χ3n) is 3.74. The number of ether oxygens (including phenoxy) is 1. The molecule has 1 N–H and O–H groups in total. The molecule has 0 saturated carbocycles. The molecule has 0 amide bonds. The molecule has 0 heterocycles. The van der Waals surface area contributed by atoms with Crippen molar-refractivity contribution in [1.29, 1.82) is 0 Å². The van der Waals surface area contributed by atoms with E-state index in [1.807, 2.05) is 69.3 Å². The Morgan fingerprint density at radius 2 is 1.46 bits per heavy atom. The molecule has 0 unspecified atom stereocenters. The zero-order chi connectivity index (χ0) is 17.6. The van der Waals surface area contributed by atoms with Crippen molar-refractivity contribution in [1.82, 2.24) is 5.32 Å². The average Bonchev–Trinajstić information content (AvgIpc) is 2.54. The normalized spacial score (nSPS) is 14.0. The first-order chi connectivity index (χ1) is 11.3. The monoisotopic (exact) mass is 325 g/mol. The number of rotatable bonds is 6. The van der Waals surface area contributed by atoms with E-state index in [1.54, 1.807) is 0 Å². The smallest absolute Gasteiger partial charge is 0.308 e. The molecule has 0 fully saturated rings. The highest BCUT2D eigenvalue weighted by atomic mass is 16.6. The van der Waals surface area contributed by atoms with Gasteiger partial charge in [0.05, 0.1) is 6.42 Å². The summed E-state index contributed by atoms with van der Waals surface area (Å²) in [5.41, 5.74) is 1.82. The molecule has 24 heavy (non-hydrogen) atoms. The Hall–Kier alpha value is -2.13. The molecule has 2 aromatic carbocycles. The predicted molar refractivity (Wildman–Crippen MR) is 97.6 cm³/mol. The van der Waals surface area contributed by atoms with Crippen molar-refractivity contribution in [3.63, 3.8) is 0 Å². The van der Waals surface area contributed by atoms with Gasteiger partial charge in [-0.15, -0.1) is 0 Å². The lowest BCUT2D eigenvalue weighted by molar-refractivity contribution is -0.155. The molecule has 2 atom stereocenters. The third-order valence-corrected chi connectivity index (χ3v) is 3.74. The van der Waals surface area contributed by atoms with Crippen LogP contribution in [0.2, 0.25) is 0 Å². The van der Waals surface area contributed by atoms with Gasteiger partial charge in [-0.05, 0) is 38.8 Å².